The van der Waals surface area contributed by atoms with Crippen LogP contribution in [-0.4, -0.2) is 43.2 Å². The van der Waals surface area contributed by atoms with Crippen molar-refractivity contribution in [1.29, 1.82) is 0 Å². The molecule has 0 fully saturated rings. The van der Waals surface area contributed by atoms with Gasteiger partial charge in [0.1, 0.15) is 18.5 Å². The molecular formula is C25H43NO4. The Hall–Kier alpha value is -1.38. The van der Waals surface area contributed by atoms with E-state index in [0.717, 1.165) is 32.1 Å². The molecule has 1 unspecified atom stereocenters. The smallest absolute Gasteiger partial charge is 0.246 e. The maximum atomic E-state index is 12.1. The van der Waals surface area contributed by atoms with E-state index in [0.29, 0.717) is 31.8 Å². The predicted octanol–water partition coefficient (Wildman–Crippen LogP) is 4.67. The van der Waals surface area contributed by atoms with Gasteiger partial charge in [0.15, 0.2) is 0 Å². The van der Waals surface area contributed by atoms with Crippen LogP contribution in [-0.2, 0) is 19.1 Å². The summed E-state index contributed by atoms with van der Waals surface area (Å²) >= 11 is 0. The van der Waals surface area contributed by atoms with E-state index in [4.69, 9.17) is 9.47 Å². The highest BCUT2D eigenvalue weighted by molar-refractivity contribution is 5.80. The number of hydrogen-bond donors (Lipinski definition) is 1. The third kappa shape index (κ3) is 12.3. The Labute approximate surface area is 184 Å². The SMILES string of the molecule is CC(C)C(=O)CC(C)(C)CCOC(C)(C)CCNC(=O)COC1C#CCCCCC1. The molecule has 5 heteroatoms. The zero-order valence-corrected chi connectivity index (χ0v) is 20.1. The van der Waals surface area contributed by atoms with Crippen LogP contribution in [0.4, 0.5) is 0 Å². The van der Waals surface area contributed by atoms with Crippen LogP contribution in [0.1, 0.15) is 92.9 Å². The van der Waals surface area contributed by atoms with Crippen molar-refractivity contribution >= 4 is 11.7 Å². The van der Waals surface area contributed by atoms with E-state index in [1.54, 1.807) is 0 Å². The number of carbonyl (C=O) groups excluding carboxylic acids is 2. The van der Waals surface area contributed by atoms with E-state index in [1.807, 2.05) is 27.7 Å². The summed E-state index contributed by atoms with van der Waals surface area (Å²) in [6.07, 6.45) is 7.27. The molecule has 5 nitrogen and oxygen atoms in total. The summed E-state index contributed by atoms with van der Waals surface area (Å²) in [6, 6.07) is 0. The Bertz CT molecular complexity index is 598. The zero-order chi connectivity index (χ0) is 22.6. The highest BCUT2D eigenvalue weighted by Gasteiger charge is 2.25. The summed E-state index contributed by atoms with van der Waals surface area (Å²) in [5.41, 5.74) is -0.403. The molecule has 0 aromatic heterocycles. The lowest BCUT2D eigenvalue weighted by Gasteiger charge is -2.29. The first-order chi connectivity index (χ1) is 14.0. The maximum Gasteiger partial charge on any atom is 0.246 e. The molecule has 30 heavy (non-hydrogen) atoms. The summed E-state index contributed by atoms with van der Waals surface area (Å²) in [5.74, 6) is 6.51. The standard InChI is InChI=1S/C25H43NO4/c1-20(2)22(27)18-24(3,4)15-17-30-25(5,6)14-16-26-23(28)19-29-21-12-10-8-7-9-11-13-21/h20-21H,7-10,12,14-19H2,1-6H3,(H,26,28). The normalized spacial score (nSPS) is 17.6. The first-order valence-electron chi connectivity index (χ1n) is 11.5. The molecule has 0 heterocycles. The Morgan fingerprint density at radius 3 is 2.53 bits per heavy atom. The van der Waals surface area contributed by atoms with Crippen molar-refractivity contribution < 1.29 is 19.1 Å². The first kappa shape index (κ1) is 26.7. The molecule has 0 spiro atoms. The summed E-state index contributed by atoms with van der Waals surface area (Å²) in [7, 11) is 0. The predicted molar refractivity (Wildman–Crippen MR) is 121 cm³/mol. The fourth-order valence-electron chi connectivity index (χ4n) is 3.27. The van der Waals surface area contributed by atoms with Crippen LogP contribution in [0.15, 0.2) is 0 Å². The molecule has 1 N–H and O–H groups in total. The molecule has 1 aliphatic rings. The van der Waals surface area contributed by atoms with Crippen LogP contribution in [0.25, 0.3) is 0 Å². The third-order valence-electron chi connectivity index (χ3n) is 5.56. The monoisotopic (exact) mass is 421 g/mol. The van der Waals surface area contributed by atoms with Gasteiger partial charge in [0.25, 0.3) is 0 Å². The Kier molecular flexibility index (Phi) is 11.7. The van der Waals surface area contributed by atoms with Gasteiger partial charge in [-0.2, -0.15) is 0 Å². The number of ketones is 1. The Morgan fingerprint density at radius 2 is 1.83 bits per heavy atom. The van der Waals surface area contributed by atoms with Crippen molar-refractivity contribution in [1.82, 2.24) is 5.32 Å². The number of Topliss-reactive ketones (excluding diaryl/α,β-unsaturated/α-hetero) is 1. The number of carbonyl (C=O) groups is 2. The highest BCUT2D eigenvalue weighted by Crippen LogP contribution is 2.28. The fraction of sp³-hybridized carbons (Fsp3) is 0.840. The molecule has 0 saturated carbocycles. The molecule has 1 rings (SSSR count). The van der Waals surface area contributed by atoms with Crippen LogP contribution >= 0.6 is 0 Å². The van der Waals surface area contributed by atoms with Crippen molar-refractivity contribution in [2.24, 2.45) is 11.3 Å². The fourth-order valence-corrected chi connectivity index (χ4v) is 3.27. The van der Waals surface area contributed by atoms with Crippen LogP contribution in [0, 0.1) is 23.2 Å². The number of hydrogen-bond acceptors (Lipinski definition) is 4. The van der Waals surface area contributed by atoms with Crippen molar-refractivity contribution in [3.63, 3.8) is 0 Å². The van der Waals surface area contributed by atoms with Crippen molar-refractivity contribution in [2.75, 3.05) is 19.8 Å². The van der Waals surface area contributed by atoms with E-state index in [1.165, 1.54) is 6.42 Å². The summed E-state index contributed by atoms with van der Waals surface area (Å²) in [6.45, 7) is 13.4. The van der Waals surface area contributed by atoms with Gasteiger partial charge in [0.05, 0.1) is 5.60 Å². The summed E-state index contributed by atoms with van der Waals surface area (Å²) in [4.78, 5) is 24.1. The number of ether oxygens (including phenoxy) is 2. The Morgan fingerprint density at radius 1 is 1.10 bits per heavy atom. The van der Waals surface area contributed by atoms with Gasteiger partial charge >= 0.3 is 0 Å². The highest BCUT2D eigenvalue weighted by atomic mass is 16.5. The zero-order valence-electron chi connectivity index (χ0n) is 20.1. The van der Waals surface area contributed by atoms with Crippen molar-refractivity contribution in [2.45, 2.75) is 105 Å². The minimum atomic E-state index is -0.336. The molecule has 1 aliphatic carbocycles. The third-order valence-corrected chi connectivity index (χ3v) is 5.56. The van der Waals surface area contributed by atoms with Crippen LogP contribution in [0.5, 0.6) is 0 Å². The van der Waals surface area contributed by atoms with E-state index in [2.05, 4.69) is 31.0 Å². The van der Waals surface area contributed by atoms with Gasteiger partial charge < -0.3 is 14.8 Å². The molecule has 172 valence electrons. The molecule has 1 atom stereocenters. The average molecular weight is 422 g/mol. The molecule has 0 aromatic rings. The van der Waals surface area contributed by atoms with E-state index in [-0.39, 0.29) is 35.6 Å². The lowest BCUT2D eigenvalue weighted by atomic mass is 9.82. The van der Waals surface area contributed by atoms with Crippen molar-refractivity contribution in [3.8, 4) is 11.8 Å². The summed E-state index contributed by atoms with van der Waals surface area (Å²) in [5, 5.41) is 2.91. The van der Waals surface area contributed by atoms with Crippen molar-refractivity contribution in [3.05, 3.63) is 0 Å². The second kappa shape index (κ2) is 13.1. The van der Waals surface area contributed by atoms with Gasteiger partial charge in [-0.05, 0) is 51.4 Å². The molecule has 0 aromatic carbocycles. The number of rotatable bonds is 13. The lowest BCUT2D eigenvalue weighted by molar-refractivity contribution is -0.127. The van der Waals surface area contributed by atoms with Gasteiger partial charge in [0.2, 0.25) is 5.91 Å². The molecule has 0 bridgehead atoms. The largest absolute Gasteiger partial charge is 0.375 e. The maximum absolute atomic E-state index is 12.1. The topological polar surface area (TPSA) is 64.6 Å². The second-order valence-electron chi connectivity index (χ2n) is 10.1. The average Bonchev–Trinajstić information content (AvgIpc) is 2.59. The van der Waals surface area contributed by atoms with Gasteiger partial charge in [-0.1, -0.05) is 40.0 Å². The van der Waals surface area contributed by atoms with E-state index < -0.39 is 0 Å². The lowest BCUT2D eigenvalue weighted by Crippen LogP contribution is -2.36. The van der Waals surface area contributed by atoms with E-state index >= 15 is 0 Å². The molecular weight excluding hydrogens is 378 g/mol. The van der Waals surface area contributed by atoms with Crippen LogP contribution < -0.4 is 5.32 Å². The Balaban J connectivity index is 2.24. The first-order valence-corrected chi connectivity index (χ1v) is 11.5. The van der Waals surface area contributed by atoms with Gasteiger partial charge in [-0.25, -0.2) is 0 Å². The van der Waals surface area contributed by atoms with Gasteiger partial charge in [-0.15, -0.1) is 5.92 Å². The van der Waals surface area contributed by atoms with E-state index in [9.17, 15) is 9.59 Å². The van der Waals surface area contributed by atoms with Gasteiger partial charge in [0, 0.05) is 31.9 Å². The molecule has 1 amide bonds. The number of nitrogens with one attached hydrogen (secondary N) is 1. The number of amides is 1. The van der Waals surface area contributed by atoms with Crippen LogP contribution in [0.3, 0.4) is 0 Å². The summed E-state index contributed by atoms with van der Waals surface area (Å²) < 4.78 is 11.7. The molecule has 0 radical (unpaired) electrons. The molecule has 0 aliphatic heterocycles. The minimum Gasteiger partial charge on any atom is -0.375 e. The minimum absolute atomic E-state index is 0.0543. The van der Waals surface area contributed by atoms with Gasteiger partial charge in [-0.3, -0.25) is 9.59 Å². The quantitative estimate of drug-likeness (QED) is 0.439. The second-order valence-corrected chi connectivity index (χ2v) is 10.1. The molecule has 0 saturated heterocycles. The van der Waals surface area contributed by atoms with Crippen LogP contribution in [0.2, 0.25) is 0 Å².